The quantitative estimate of drug-likeness (QED) is 0.878. The van der Waals surface area contributed by atoms with Crippen LogP contribution in [0.1, 0.15) is 40.2 Å². The smallest absolute Gasteiger partial charge is 0.263 e. The summed E-state index contributed by atoms with van der Waals surface area (Å²) < 4.78 is 0. The second-order valence-corrected chi connectivity index (χ2v) is 6.18. The van der Waals surface area contributed by atoms with Gasteiger partial charge in [-0.05, 0) is 44.7 Å². The molecule has 0 spiro atoms. The Kier molecular flexibility index (Phi) is 3.84. The van der Waals surface area contributed by atoms with Crippen LogP contribution < -0.4 is 5.73 Å². The molecule has 1 heterocycles. The van der Waals surface area contributed by atoms with Gasteiger partial charge in [-0.15, -0.1) is 11.3 Å². The first-order valence-electron chi connectivity index (χ1n) is 6.17. The average Bonchev–Trinajstić information content (AvgIpc) is 2.75. The van der Waals surface area contributed by atoms with Gasteiger partial charge in [0.15, 0.2) is 0 Å². The van der Waals surface area contributed by atoms with Gasteiger partial charge in [-0.2, -0.15) is 0 Å². The molecule has 0 aliphatic heterocycles. The van der Waals surface area contributed by atoms with Gasteiger partial charge in [0.05, 0.1) is 4.88 Å². The zero-order valence-corrected chi connectivity index (χ0v) is 11.3. The molecular formula is C13H20N2OS. The lowest BCUT2D eigenvalue weighted by Gasteiger charge is -2.33. The highest BCUT2D eigenvalue weighted by atomic mass is 32.1. The van der Waals surface area contributed by atoms with Crippen LogP contribution in [0.4, 0.5) is 0 Å². The Morgan fingerprint density at radius 2 is 2.00 bits per heavy atom. The first-order chi connectivity index (χ1) is 8.08. The van der Waals surface area contributed by atoms with E-state index in [2.05, 4.69) is 0 Å². The normalized spacial score (nSPS) is 24.6. The second-order valence-electron chi connectivity index (χ2n) is 4.89. The molecule has 0 saturated heterocycles. The van der Waals surface area contributed by atoms with Crippen molar-refractivity contribution in [2.24, 2.45) is 5.73 Å². The topological polar surface area (TPSA) is 46.3 Å². The molecule has 1 aliphatic carbocycles. The molecular weight excluding hydrogens is 232 g/mol. The van der Waals surface area contributed by atoms with Crippen LogP contribution in [-0.4, -0.2) is 29.9 Å². The van der Waals surface area contributed by atoms with Gasteiger partial charge in [-0.25, -0.2) is 0 Å². The van der Waals surface area contributed by atoms with Gasteiger partial charge in [0.25, 0.3) is 5.91 Å². The first-order valence-corrected chi connectivity index (χ1v) is 6.98. The van der Waals surface area contributed by atoms with Crippen molar-refractivity contribution in [2.45, 2.75) is 44.7 Å². The minimum absolute atomic E-state index is 0.156. The highest BCUT2D eigenvalue weighted by Gasteiger charge is 2.26. The summed E-state index contributed by atoms with van der Waals surface area (Å²) in [5.41, 5.74) is 5.89. The van der Waals surface area contributed by atoms with Crippen LogP contribution in [0.25, 0.3) is 0 Å². The first kappa shape index (κ1) is 12.6. The third-order valence-electron chi connectivity index (χ3n) is 3.56. The molecule has 0 bridgehead atoms. The maximum Gasteiger partial charge on any atom is 0.263 e. The summed E-state index contributed by atoms with van der Waals surface area (Å²) in [4.78, 5) is 16.2. The van der Waals surface area contributed by atoms with E-state index in [0.717, 1.165) is 30.6 Å². The van der Waals surface area contributed by atoms with Crippen molar-refractivity contribution >= 4 is 17.2 Å². The maximum absolute atomic E-state index is 12.2. The van der Waals surface area contributed by atoms with Gasteiger partial charge in [0.1, 0.15) is 0 Å². The van der Waals surface area contributed by atoms with E-state index in [9.17, 15) is 4.79 Å². The number of amides is 1. The fourth-order valence-corrected chi connectivity index (χ4v) is 3.23. The zero-order chi connectivity index (χ0) is 12.4. The number of nitrogens with zero attached hydrogens (tertiary/aromatic N) is 1. The van der Waals surface area contributed by atoms with Crippen molar-refractivity contribution in [1.29, 1.82) is 0 Å². The third kappa shape index (κ3) is 2.87. The number of aryl methyl sites for hydroxylation is 1. The van der Waals surface area contributed by atoms with E-state index in [1.807, 2.05) is 31.0 Å². The summed E-state index contributed by atoms with van der Waals surface area (Å²) in [6.07, 6.45) is 4.14. The molecule has 4 heteroatoms. The van der Waals surface area contributed by atoms with E-state index in [1.54, 1.807) is 11.3 Å². The molecule has 94 valence electrons. The lowest BCUT2D eigenvalue weighted by molar-refractivity contribution is 0.0695. The van der Waals surface area contributed by atoms with Crippen LogP contribution in [0, 0.1) is 6.92 Å². The Labute approximate surface area is 107 Å². The molecule has 0 atom stereocenters. The van der Waals surface area contributed by atoms with Crippen molar-refractivity contribution in [3.05, 3.63) is 21.9 Å². The predicted molar refractivity (Wildman–Crippen MR) is 71.4 cm³/mol. The van der Waals surface area contributed by atoms with E-state index >= 15 is 0 Å². The molecule has 1 fully saturated rings. The molecule has 1 saturated carbocycles. The number of thiophene rings is 1. The molecule has 0 unspecified atom stereocenters. The Morgan fingerprint density at radius 3 is 2.53 bits per heavy atom. The number of nitrogens with two attached hydrogens (primary N) is 1. The molecule has 2 N–H and O–H groups in total. The van der Waals surface area contributed by atoms with Gasteiger partial charge in [0, 0.05) is 24.0 Å². The van der Waals surface area contributed by atoms with Crippen LogP contribution in [-0.2, 0) is 0 Å². The minimum atomic E-state index is 0.156. The summed E-state index contributed by atoms with van der Waals surface area (Å²) >= 11 is 1.57. The minimum Gasteiger partial charge on any atom is -0.338 e. The molecule has 1 aromatic heterocycles. The Hall–Kier alpha value is -0.870. The fourth-order valence-electron chi connectivity index (χ4n) is 2.38. The van der Waals surface area contributed by atoms with Crippen molar-refractivity contribution in [3.63, 3.8) is 0 Å². The van der Waals surface area contributed by atoms with Crippen molar-refractivity contribution in [1.82, 2.24) is 4.90 Å². The van der Waals surface area contributed by atoms with Crippen molar-refractivity contribution in [3.8, 4) is 0 Å². The largest absolute Gasteiger partial charge is 0.338 e. The average molecular weight is 252 g/mol. The van der Waals surface area contributed by atoms with E-state index in [4.69, 9.17) is 5.73 Å². The highest BCUT2D eigenvalue weighted by molar-refractivity contribution is 7.13. The molecule has 17 heavy (non-hydrogen) atoms. The highest BCUT2D eigenvalue weighted by Crippen LogP contribution is 2.24. The summed E-state index contributed by atoms with van der Waals surface area (Å²) in [5.74, 6) is 0.156. The van der Waals surface area contributed by atoms with E-state index in [1.165, 1.54) is 4.88 Å². The molecule has 1 amide bonds. The Bertz CT molecular complexity index is 394. The van der Waals surface area contributed by atoms with Gasteiger partial charge in [-0.1, -0.05) is 0 Å². The lowest BCUT2D eigenvalue weighted by atomic mass is 9.91. The van der Waals surface area contributed by atoms with Gasteiger partial charge in [0.2, 0.25) is 0 Å². The van der Waals surface area contributed by atoms with Crippen LogP contribution in [0.3, 0.4) is 0 Å². The van der Waals surface area contributed by atoms with Gasteiger partial charge in [-0.3, -0.25) is 4.79 Å². The van der Waals surface area contributed by atoms with E-state index < -0.39 is 0 Å². The maximum atomic E-state index is 12.2. The van der Waals surface area contributed by atoms with Crippen LogP contribution in [0.15, 0.2) is 12.1 Å². The number of rotatable bonds is 2. The SMILES string of the molecule is Cc1ccc(C(=O)N(C)C2CCC(N)CC2)s1. The number of hydrogen-bond donors (Lipinski definition) is 1. The summed E-state index contributed by atoms with van der Waals surface area (Å²) in [6, 6.07) is 4.62. The number of carbonyl (C=O) groups excluding carboxylic acids is 1. The molecule has 0 aromatic carbocycles. The summed E-state index contributed by atoms with van der Waals surface area (Å²) in [7, 11) is 1.92. The fraction of sp³-hybridized carbons (Fsp3) is 0.615. The van der Waals surface area contributed by atoms with Crippen LogP contribution >= 0.6 is 11.3 Å². The number of hydrogen-bond acceptors (Lipinski definition) is 3. The zero-order valence-electron chi connectivity index (χ0n) is 10.5. The second kappa shape index (κ2) is 5.19. The van der Waals surface area contributed by atoms with Gasteiger partial charge < -0.3 is 10.6 Å². The monoisotopic (exact) mass is 252 g/mol. The van der Waals surface area contributed by atoms with Crippen LogP contribution in [0.2, 0.25) is 0 Å². The van der Waals surface area contributed by atoms with Crippen molar-refractivity contribution < 1.29 is 4.79 Å². The third-order valence-corrected chi connectivity index (χ3v) is 4.55. The van der Waals surface area contributed by atoms with Crippen molar-refractivity contribution in [2.75, 3.05) is 7.05 Å². The lowest BCUT2D eigenvalue weighted by Crippen LogP contribution is -2.41. The summed E-state index contributed by atoms with van der Waals surface area (Å²) in [5, 5.41) is 0. The molecule has 3 nitrogen and oxygen atoms in total. The van der Waals surface area contributed by atoms with E-state index in [-0.39, 0.29) is 5.91 Å². The number of carbonyl (C=O) groups is 1. The molecule has 1 aromatic rings. The summed E-state index contributed by atoms with van der Waals surface area (Å²) in [6.45, 7) is 2.03. The molecule has 2 rings (SSSR count). The Balaban J connectivity index is 2.00. The van der Waals surface area contributed by atoms with E-state index in [0.29, 0.717) is 12.1 Å². The van der Waals surface area contributed by atoms with Gasteiger partial charge >= 0.3 is 0 Å². The Morgan fingerprint density at radius 1 is 1.35 bits per heavy atom. The molecule has 0 radical (unpaired) electrons. The predicted octanol–water partition coefficient (Wildman–Crippen LogP) is 2.40. The molecule has 1 aliphatic rings. The van der Waals surface area contributed by atoms with Crippen LogP contribution in [0.5, 0.6) is 0 Å². The standard InChI is InChI=1S/C13H20N2OS/c1-9-3-8-12(17-9)13(16)15(2)11-6-4-10(14)5-7-11/h3,8,10-11H,4-7,14H2,1-2H3.